The van der Waals surface area contributed by atoms with Crippen LogP contribution >= 0.6 is 0 Å². The van der Waals surface area contributed by atoms with Crippen molar-refractivity contribution < 1.29 is 45.9 Å². The Morgan fingerprint density at radius 1 is 1.17 bits per heavy atom. The SMILES string of the molecule is COc1cc(C(=O)OCc2ccccc2C(F)(F)F)c([N+](=O)[O-])cc1OC(F)F. The molecule has 0 atom stereocenters. The number of nitro groups is 1. The highest BCUT2D eigenvalue weighted by atomic mass is 19.4. The van der Waals surface area contributed by atoms with Crippen LogP contribution in [0.1, 0.15) is 21.5 Å². The van der Waals surface area contributed by atoms with Gasteiger partial charge in [0.05, 0.1) is 23.7 Å². The van der Waals surface area contributed by atoms with Gasteiger partial charge in [-0.3, -0.25) is 10.1 Å². The van der Waals surface area contributed by atoms with Crippen molar-refractivity contribution in [3.63, 3.8) is 0 Å². The average Bonchev–Trinajstić information content (AvgIpc) is 2.64. The second-order valence-corrected chi connectivity index (χ2v) is 5.39. The molecule has 0 aliphatic rings. The third-order valence-corrected chi connectivity index (χ3v) is 3.60. The largest absolute Gasteiger partial charge is 0.493 e. The van der Waals surface area contributed by atoms with Crippen LogP contribution in [0.5, 0.6) is 11.5 Å². The fourth-order valence-electron chi connectivity index (χ4n) is 2.36. The summed E-state index contributed by atoms with van der Waals surface area (Å²) in [5.74, 6) is -2.48. The minimum atomic E-state index is -4.70. The van der Waals surface area contributed by atoms with Gasteiger partial charge in [-0.05, 0) is 6.07 Å². The molecule has 0 amide bonds. The van der Waals surface area contributed by atoms with Gasteiger partial charge >= 0.3 is 18.8 Å². The number of carbonyl (C=O) groups excluding carboxylic acids is 1. The van der Waals surface area contributed by atoms with Gasteiger partial charge in [0.15, 0.2) is 11.5 Å². The lowest BCUT2D eigenvalue weighted by Crippen LogP contribution is -2.13. The van der Waals surface area contributed by atoms with Crippen molar-refractivity contribution in [1.82, 2.24) is 0 Å². The lowest BCUT2D eigenvalue weighted by molar-refractivity contribution is -0.385. The Balaban J connectivity index is 2.35. The molecule has 0 aliphatic heterocycles. The summed E-state index contributed by atoms with van der Waals surface area (Å²) in [5.41, 5.74) is -3.07. The van der Waals surface area contributed by atoms with Gasteiger partial charge in [-0.2, -0.15) is 22.0 Å². The van der Waals surface area contributed by atoms with Gasteiger partial charge in [-0.1, -0.05) is 18.2 Å². The Hall–Kier alpha value is -3.44. The molecule has 156 valence electrons. The highest BCUT2D eigenvalue weighted by molar-refractivity contribution is 5.95. The minimum absolute atomic E-state index is 0.374. The molecule has 0 heterocycles. The second kappa shape index (κ2) is 8.71. The number of ether oxygens (including phenoxy) is 3. The van der Waals surface area contributed by atoms with E-state index in [1.807, 2.05) is 0 Å². The van der Waals surface area contributed by atoms with E-state index in [0.717, 1.165) is 31.4 Å². The molecule has 0 fully saturated rings. The molecule has 0 N–H and O–H groups in total. The van der Waals surface area contributed by atoms with Gasteiger partial charge in [0.2, 0.25) is 0 Å². The molecule has 12 heteroatoms. The Morgan fingerprint density at radius 2 is 1.83 bits per heavy atom. The summed E-state index contributed by atoms with van der Waals surface area (Å²) in [5, 5.41) is 11.2. The number of carbonyl (C=O) groups is 1. The third kappa shape index (κ3) is 5.30. The van der Waals surface area contributed by atoms with Crippen LogP contribution in [0.2, 0.25) is 0 Å². The van der Waals surface area contributed by atoms with Gasteiger partial charge in [0.25, 0.3) is 5.69 Å². The molecule has 0 aliphatic carbocycles. The molecule has 2 rings (SSSR count). The van der Waals surface area contributed by atoms with Crippen molar-refractivity contribution in [2.24, 2.45) is 0 Å². The van der Waals surface area contributed by atoms with E-state index in [2.05, 4.69) is 4.74 Å². The molecule has 0 spiro atoms. The topological polar surface area (TPSA) is 87.9 Å². The molecular formula is C17H12F5NO6. The van der Waals surface area contributed by atoms with Gasteiger partial charge in [0.1, 0.15) is 12.2 Å². The fraction of sp³-hybridized carbons (Fsp3) is 0.235. The van der Waals surface area contributed by atoms with E-state index in [1.54, 1.807) is 0 Å². The van der Waals surface area contributed by atoms with E-state index in [-0.39, 0.29) is 5.56 Å². The van der Waals surface area contributed by atoms with Gasteiger partial charge in [0, 0.05) is 11.6 Å². The summed E-state index contributed by atoms with van der Waals surface area (Å²) in [4.78, 5) is 22.4. The number of hydrogen-bond donors (Lipinski definition) is 0. The number of rotatable bonds is 7. The molecule has 0 radical (unpaired) electrons. The Labute approximate surface area is 159 Å². The lowest BCUT2D eigenvalue weighted by atomic mass is 10.1. The van der Waals surface area contributed by atoms with Crippen molar-refractivity contribution in [2.45, 2.75) is 19.4 Å². The molecular weight excluding hydrogens is 409 g/mol. The van der Waals surface area contributed by atoms with E-state index in [1.165, 1.54) is 6.07 Å². The molecule has 7 nitrogen and oxygen atoms in total. The van der Waals surface area contributed by atoms with Gasteiger partial charge < -0.3 is 14.2 Å². The van der Waals surface area contributed by atoms with E-state index in [9.17, 15) is 36.9 Å². The monoisotopic (exact) mass is 421 g/mol. The summed E-state index contributed by atoms with van der Waals surface area (Å²) in [6, 6.07) is 5.56. The zero-order valence-electron chi connectivity index (χ0n) is 14.5. The predicted octanol–water partition coefficient (Wildman–Crippen LogP) is 4.58. The Bertz CT molecular complexity index is 916. The van der Waals surface area contributed by atoms with Crippen molar-refractivity contribution in [3.05, 3.63) is 63.2 Å². The Morgan fingerprint density at radius 3 is 2.38 bits per heavy atom. The van der Waals surface area contributed by atoms with E-state index >= 15 is 0 Å². The zero-order valence-corrected chi connectivity index (χ0v) is 14.5. The van der Waals surface area contributed by atoms with Crippen molar-refractivity contribution in [3.8, 4) is 11.5 Å². The molecule has 2 aromatic carbocycles. The second-order valence-electron chi connectivity index (χ2n) is 5.39. The summed E-state index contributed by atoms with van der Waals surface area (Å²) >= 11 is 0. The number of nitro benzene ring substituents is 1. The molecule has 0 unspecified atom stereocenters. The van der Waals surface area contributed by atoms with E-state index < -0.39 is 58.6 Å². The predicted molar refractivity (Wildman–Crippen MR) is 86.8 cm³/mol. The highest BCUT2D eigenvalue weighted by Gasteiger charge is 2.33. The van der Waals surface area contributed by atoms with Gasteiger partial charge in [-0.25, -0.2) is 4.79 Å². The molecule has 2 aromatic rings. The normalized spacial score (nSPS) is 11.3. The van der Waals surface area contributed by atoms with E-state index in [0.29, 0.717) is 6.07 Å². The van der Waals surface area contributed by atoms with Crippen molar-refractivity contribution in [1.29, 1.82) is 0 Å². The number of methoxy groups -OCH3 is 1. The molecule has 0 saturated carbocycles. The van der Waals surface area contributed by atoms with Crippen molar-refractivity contribution in [2.75, 3.05) is 7.11 Å². The van der Waals surface area contributed by atoms with Crippen LogP contribution in [0.25, 0.3) is 0 Å². The molecule has 0 bridgehead atoms. The summed E-state index contributed by atoms with van der Waals surface area (Å²) in [6.45, 7) is -4.15. The maximum Gasteiger partial charge on any atom is 0.416 e. The number of nitrogens with zero attached hydrogens (tertiary/aromatic N) is 1. The minimum Gasteiger partial charge on any atom is -0.493 e. The van der Waals surface area contributed by atoms with Gasteiger partial charge in [-0.15, -0.1) is 0 Å². The first-order valence-corrected chi connectivity index (χ1v) is 7.68. The molecule has 0 aromatic heterocycles. The maximum absolute atomic E-state index is 13.0. The fourth-order valence-corrected chi connectivity index (χ4v) is 2.36. The number of hydrogen-bond acceptors (Lipinski definition) is 6. The summed E-state index contributed by atoms with van der Waals surface area (Å²) in [7, 11) is 1.04. The summed E-state index contributed by atoms with van der Waals surface area (Å²) in [6.07, 6.45) is -4.70. The number of alkyl halides is 5. The number of benzene rings is 2. The van der Waals surface area contributed by atoms with Crippen LogP contribution < -0.4 is 9.47 Å². The average molecular weight is 421 g/mol. The number of esters is 1. The third-order valence-electron chi connectivity index (χ3n) is 3.60. The van der Waals surface area contributed by atoms with Crippen LogP contribution in [0.15, 0.2) is 36.4 Å². The molecule has 0 saturated heterocycles. The van der Waals surface area contributed by atoms with E-state index in [4.69, 9.17) is 9.47 Å². The molecule has 29 heavy (non-hydrogen) atoms. The van der Waals surface area contributed by atoms with Crippen LogP contribution in [0.3, 0.4) is 0 Å². The van der Waals surface area contributed by atoms with Crippen LogP contribution in [0.4, 0.5) is 27.6 Å². The first kappa shape index (κ1) is 21.9. The lowest BCUT2D eigenvalue weighted by Gasteiger charge is -2.14. The van der Waals surface area contributed by atoms with Crippen LogP contribution in [0, 0.1) is 10.1 Å². The maximum atomic E-state index is 13.0. The van der Waals surface area contributed by atoms with Crippen LogP contribution in [-0.2, 0) is 17.5 Å². The standard InChI is InChI=1S/C17H12F5NO6/c1-27-13-6-10(12(23(25)26)7-14(13)29-16(18)19)15(24)28-8-9-4-2-3-5-11(9)17(20,21)22/h2-7,16H,8H2,1H3. The first-order valence-electron chi connectivity index (χ1n) is 7.68. The van der Waals surface area contributed by atoms with Crippen LogP contribution in [-0.4, -0.2) is 24.6 Å². The Kier molecular flexibility index (Phi) is 6.56. The number of halogens is 5. The zero-order chi connectivity index (χ0) is 21.8. The summed E-state index contributed by atoms with van der Waals surface area (Å²) < 4.78 is 77.5. The quantitative estimate of drug-likeness (QED) is 0.282. The smallest absolute Gasteiger partial charge is 0.416 e. The highest BCUT2D eigenvalue weighted by Crippen LogP contribution is 2.36. The van der Waals surface area contributed by atoms with Crippen molar-refractivity contribution >= 4 is 11.7 Å². The first-order chi connectivity index (χ1) is 13.5.